The lowest BCUT2D eigenvalue weighted by Crippen LogP contribution is -2.31. The fraction of sp³-hybridized carbons (Fsp3) is 0.474. The summed E-state index contributed by atoms with van der Waals surface area (Å²) in [6, 6.07) is 0. The summed E-state index contributed by atoms with van der Waals surface area (Å²) in [6.45, 7) is 3.86. The Labute approximate surface area is 163 Å². The van der Waals surface area contributed by atoms with Crippen LogP contribution in [0.15, 0.2) is 11.6 Å². The van der Waals surface area contributed by atoms with Crippen LogP contribution in [0.5, 0.6) is 11.5 Å². The summed E-state index contributed by atoms with van der Waals surface area (Å²) in [5.41, 5.74) is 3.05. The molecule has 4 N–H and O–H groups in total. The van der Waals surface area contributed by atoms with Gasteiger partial charge in [0.05, 0.1) is 13.7 Å². The van der Waals surface area contributed by atoms with Crippen LogP contribution < -0.4 is 10.1 Å². The molecule has 0 unspecified atom stereocenters. The smallest absolute Gasteiger partial charge is 0.342 e. The lowest BCUT2D eigenvalue weighted by atomic mass is 9.94. The first-order valence-corrected chi connectivity index (χ1v) is 8.92. The van der Waals surface area contributed by atoms with Crippen molar-refractivity contribution in [2.75, 3.05) is 20.2 Å². The highest BCUT2D eigenvalue weighted by molar-refractivity contribution is 5.98. The summed E-state index contributed by atoms with van der Waals surface area (Å²) >= 11 is 0. The Morgan fingerprint density at radius 2 is 2.07 bits per heavy atom. The number of carbonyl (C=O) groups excluding carboxylic acids is 2. The molecule has 1 heterocycles. The summed E-state index contributed by atoms with van der Waals surface area (Å²) in [5, 5.41) is 30.3. The Hall–Kier alpha value is -2.62. The van der Waals surface area contributed by atoms with Gasteiger partial charge in [-0.25, -0.2) is 4.79 Å². The molecule has 0 saturated carbocycles. The van der Waals surface area contributed by atoms with Crippen LogP contribution in [0, 0.1) is 6.92 Å². The van der Waals surface area contributed by atoms with Crippen LogP contribution in [-0.4, -0.2) is 52.8 Å². The molecule has 0 atom stereocenters. The largest absolute Gasteiger partial charge is 0.507 e. The number of nitrogens with one attached hydrogen (secondary N) is 1. The maximum Gasteiger partial charge on any atom is 0.342 e. The molecule has 1 aromatic rings. The molecule has 154 valence electrons. The second-order valence-electron chi connectivity index (χ2n) is 6.62. The number of methoxy groups -OCH3 is 1. The van der Waals surface area contributed by atoms with Crippen molar-refractivity contribution < 1.29 is 34.6 Å². The highest BCUT2D eigenvalue weighted by atomic mass is 16.8. The third kappa shape index (κ3) is 5.00. The lowest BCUT2D eigenvalue weighted by molar-refractivity contribution is -0.305. The van der Waals surface area contributed by atoms with Crippen molar-refractivity contribution in [3.05, 3.63) is 33.9 Å². The van der Waals surface area contributed by atoms with Crippen molar-refractivity contribution >= 4 is 11.9 Å². The third-order valence-electron chi connectivity index (χ3n) is 4.68. The first-order chi connectivity index (χ1) is 13.3. The quantitative estimate of drug-likeness (QED) is 0.284. The van der Waals surface area contributed by atoms with E-state index in [0.717, 1.165) is 11.1 Å². The van der Waals surface area contributed by atoms with E-state index in [4.69, 9.17) is 19.9 Å². The van der Waals surface area contributed by atoms with Crippen LogP contribution >= 0.6 is 0 Å². The number of phenolic OH excluding ortho intramolecular Hbond substituents is 1. The number of aromatic hydroxyl groups is 1. The second-order valence-corrected chi connectivity index (χ2v) is 6.62. The van der Waals surface area contributed by atoms with Crippen LogP contribution in [-0.2, 0) is 22.6 Å². The van der Waals surface area contributed by atoms with E-state index in [1.807, 2.05) is 19.9 Å². The number of carbonyl (C=O) groups is 2. The van der Waals surface area contributed by atoms with Gasteiger partial charge in [0, 0.05) is 24.1 Å². The van der Waals surface area contributed by atoms with Gasteiger partial charge >= 0.3 is 5.97 Å². The SMILES string of the molecule is COc1c(C)c2c(c(O)c1C/C=C(\C)CCC(=O)NCCN(O)O)C(=O)OC2. The number of fused-ring (bicyclic) bond motifs is 1. The molecule has 1 aliphatic rings. The minimum Gasteiger partial charge on any atom is -0.507 e. The van der Waals surface area contributed by atoms with E-state index in [0.29, 0.717) is 29.7 Å². The number of phenols is 1. The lowest BCUT2D eigenvalue weighted by Gasteiger charge is -2.15. The van der Waals surface area contributed by atoms with E-state index < -0.39 is 5.97 Å². The summed E-state index contributed by atoms with van der Waals surface area (Å²) in [4.78, 5) is 23.7. The Morgan fingerprint density at radius 1 is 1.36 bits per heavy atom. The van der Waals surface area contributed by atoms with Crippen LogP contribution in [0.2, 0.25) is 0 Å². The minimum absolute atomic E-state index is 0.0136. The van der Waals surface area contributed by atoms with Crippen molar-refractivity contribution in [3.63, 3.8) is 0 Å². The van der Waals surface area contributed by atoms with E-state index in [9.17, 15) is 14.7 Å². The fourth-order valence-electron chi connectivity index (χ4n) is 3.10. The Bertz CT molecular complexity index is 787. The monoisotopic (exact) mass is 394 g/mol. The van der Waals surface area contributed by atoms with Crippen molar-refractivity contribution in [3.8, 4) is 11.5 Å². The molecule has 0 bridgehead atoms. The number of allylic oxidation sites excluding steroid dienone is 2. The number of hydrogen-bond donors (Lipinski definition) is 4. The molecule has 1 aliphatic heterocycles. The molecule has 0 aliphatic carbocycles. The van der Waals surface area contributed by atoms with Crippen LogP contribution in [0.3, 0.4) is 0 Å². The number of hydroxylamine groups is 2. The van der Waals surface area contributed by atoms with Crippen molar-refractivity contribution in [2.45, 2.75) is 39.7 Å². The van der Waals surface area contributed by atoms with E-state index in [2.05, 4.69) is 5.32 Å². The number of rotatable bonds is 9. The molecule has 1 amide bonds. The number of amides is 1. The Balaban J connectivity index is 2.05. The van der Waals surface area contributed by atoms with Gasteiger partial charge < -0.3 is 19.9 Å². The molecular weight excluding hydrogens is 368 g/mol. The number of benzene rings is 1. The summed E-state index contributed by atoms with van der Waals surface area (Å²) < 4.78 is 10.5. The standard InChI is InChI=1S/C19H26N2O7/c1-11(5-7-15(22)20-8-9-21(25)26)4-6-13-17(23)16-14(10-28-19(16)24)12(2)18(13)27-3/h4,23,25-26H,5-10H2,1-3H3,(H,20,22)/b11-4+. The second kappa shape index (κ2) is 9.54. The molecule has 0 spiro atoms. The fourth-order valence-corrected chi connectivity index (χ4v) is 3.10. The molecule has 0 saturated heterocycles. The predicted octanol–water partition coefficient (Wildman–Crippen LogP) is 1.85. The number of esters is 1. The van der Waals surface area contributed by atoms with E-state index in [1.165, 1.54) is 7.11 Å². The van der Waals surface area contributed by atoms with Gasteiger partial charge in [0.2, 0.25) is 5.91 Å². The van der Waals surface area contributed by atoms with Crippen molar-refractivity contribution in [1.29, 1.82) is 0 Å². The van der Waals surface area contributed by atoms with Gasteiger partial charge in [0.15, 0.2) is 0 Å². The van der Waals surface area contributed by atoms with Gasteiger partial charge in [0.1, 0.15) is 23.7 Å². The molecular formula is C19H26N2O7. The molecule has 0 aromatic heterocycles. The van der Waals surface area contributed by atoms with E-state index >= 15 is 0 Å². The van der Waals surface area contributed by atoms with Gasteiger partial charge in [-0.05, 0) is 32.3 Å². The van der Waals surface area contributed by atoms with E-state index in [1.54, 1.807) is 0 Å². The van der Waals surface area contributed by atoms with Gasteiger partial charge in [-0.2, -0.15) is 0 Å². The highest BCUT2D eigenvalue weighted by Crippen LogP contribution is 2.42. The number of hydrogen-bond acceptors (Lipinski definition) is 8. The molecule has 9 nitrogen and oxygen atoms in total. The first-order valence-electron chi connectivity index (χ1n) is 8.92. The maximum absolute atomic E-state index is 11.9. The predicted molar refractivity (Wildman–Crippen MR) is 98.5 cm³/mol. The molecule has 2 rings (SSSR count). The van der Waals surface area contributed by atoms with Crippen LogP contribution in [0.4, 0.5) is 0 Å². The first kappa shape index (κ1) is 21.7. The highest BCUT2D eigenvalue weighted by Gasteiger charge is 2.31. The van der Waals surface area contributed by atoms with Crippen LogP contribution in [0.1, 0.15) is 46.8 Å². The summed E-state index contributed by atoms with van der Waals surface area (Å²) in [6.07, 6.45) is 2.97. The maximum atomic E-state index is 11.9. The van der Waals surface area contributed by atoms with Crippen molar-refractivity contribution in [1.82, 2.24) is 10.5 Å². The van der Waals surface area contributed by atoms with E-state index in [-0.39, 0.29) is 48.6 Å². The molecule has 0 fully saturated rings. The summed E-state index contributed by atoms with van der Waals surface area (Å²) in [5.74, 6) is -0.347. The van der Waals surface area contributed by atoms with Gasteiger partial charge in [-0.1, -0.05) is 16.9 Å². The van der Waals surface area contributed by atoms with Crippen LogP contribution in [0.25, 0.3) is 0 Å². The average molecular weight is 394 g/mol. The Kier molecular flexibility index (Phi) is 7.38. The topological polar surface area (TPSA) is 129 Å². The van der Waals surface area contributed by atoms with Crippen molar-refractivity contribution in [2.24, 2.45) is 0 Å². The average Bonchev–Trinajstić information content (AvgIpc) is 3.03. The molecule has 9 heteroatoms. The summed E-state index contributed by atoms with van der Waals surface area (Å²) in [7, 11) is 1.51. The number of cyclic esters (lactones) is 1. The van der Waals surface area contributed by atoms with Gasteiger partial charge in [-0.15, -0.1) is 0 Å². The zero-order valence-corrected chi connectivity index (χ0v) is 16.2. The van der Waals surface area contributed by atoms with Gasteiger partial charge in [0.25, 0.3) is 0 Å². The Morgan fingerprint density at radius 3 is 2.71 bits per heavy atom. The van der Waals surface area contributed by atoms with Gasteiger partial charge in [-0.3, -0.25) is 15.2 Å². The zero-order valence-electron chi connectivity index (χ0n) is 16.2. The normalized spacial score (nSPS) is 13.5. The zero-order chi connectivity index (χ0) is 20.8. The number of ether oxygens (including phenoxy) is 2. The minimum atomic E-state index is -0.541. The number of nitrogens with zero attached hydrogens (tertiary/aromatic N) is 1. The molecule has 28 heavy (non-hydrogen) atoms. The third-order valence-corrected chi connectivity index (χ3v) is 4.68. The molecule has 1 aromatic carbocycles. The molecule has 0 radical (unpaired) electrons.